The largest absolute Gasteiger partial charge is 0.368 e. The number of para-hydroxylation sites is 1. The Morgan fingerprint density at radius 2 is 1.77 bits per heavy atom. The first-order valence-corrected chi connectivity index (χ1v) is 11.0. The third kappa shape index (κ3) is 4.66. The van der Waals surface area contributed by atoms with Gasteiger partial charge in [-0.25, -0.2) is 0 Å². The van der Waals surface area contributed by atoms with Crippen LogP contribution in [0.2, 0.25) is 0 Å². The highest BCUT2D eigenvalue weighted by atomic mass is 32.2. The first-order valence-electron chi connectivity index (χ1n) is 9.98. The van der Waals surface area contributed by atoms with Crippen molar-refractivity contribution in [2.75, 3.05) is 11.1 Å². The molecule has 31 heavy (non-hydrogen) atoms. The molecule has 0 saturated carbocycles. The highest BCUT2D eigenvalue weighted by Gasteiger charge is 2.14. The molecular formula is C22H24N8S. The molecule has 0 bridgehead atoms. The Hall–Kier alpha value is -3.46. The maximum absolute atomic E-state index is 5.93. The Bertz CT molecular complexity index is 1200. The Morgan fingerprint density at radius 1 is 1.00 bits per heavy atom. The smallest absolute Gasteiger partial charge is 0.232 e. The molecule has 0 aliphatic heterocycles. The van der Waals surface area contributed by atoms with E-state index in [2.05, 4.69) is 56.4 Å². The van der Waals surface area contributed by atoms with Crippen LogP contribution in [0.3, 0.4) is 0 Å². The van der Waals surface area contributed by atoms with E-state index in [1.54, 1.807) is 0 Å². The number of thioether (sulfide) groups is 1. The SMILES string of the molecule is CCc1ccccc1Nc1nc(N)nc(CSc2nnc(-c3ccccc3C)n2C)n1. The molecule has 0 amide bonds. The lowest BCUT2D eigenvalue weighted by Gasteiger charge is -2.10. The molecule has 3 N–H and O–H groups in total. The van der Waals surface area contributed by atoms with Crippen molar-refractivity contribution in [2.24, 2.45) is 7.05 Å². The van der Waals surface area contributed by atoms with Gasteiger partial charge in [0.05, 0.1) is 5.75 Å². The van der Waals surface area contributed by atoms with Gasteiger partial charge in [0.1, 0.15) is 5.82 Å². The highest BCUT2D eigenvalue weighted by molar-refractivity contribution is 7.98. The fourth-order valence-electron chi connectivity index (χ4n) is 3.26. The summed E-state index contributed by atoms with van der Waals surface area (Å²) in [6, 6.07) is 16.2. The summed E-state index contributed by atoms with van der Waals surface area (Å²) >= 11 is 1.51. The molecule has 0 aliphatic rings. The topological polar surface area (TPSA) is 107 Å². The van der Waals surface area contributed by atoms with Gasteiger partial charge in [-0.1, -0.05) is 61.2 Å². The lowest BCUT2D eigenvalue weighted by molar-refractivity contribution is 0.792. The molecule has 0 fully saturated rings. The van der Waals surface area contributed by atoms with E-state index in [0.29, 0.717) is 17.5 Å². The van der Waals surface area contributed by atoms with Crippen LogP contribution in [-0.2, 0) is 19.2 Å². The molecule has 0 radical (unpaired) electrons. The van der Waals surface area contributed by atoms with Gasteiger partial charge < -0.3 is 15.6 Å². The van der Waals surface area contributed by atoms with Gasteiger partial charge in [-0.3, -0.25) is 0 Å². The standard InChI is InChI=1S/C22H24N8S/c1-4-15-10-6-8-12-17(15)24-21-26-18(25-20(23)27-21)13-31-22-29-28-19(30(22)3)16-11-7-5-9-14(16)2/h5-12H,4,13H2,1-3H3,(H3,23,24,25,26,27). The number of rotatable bonds is 7. The number of aryl methyl sites for hydroxylation is 2. The van der Waals surface area contributed by atoms with E-state index in [9.17, 15) is 0 Å². The van der Waals surface area contributed by atoms with E-state index in [1.807, 2.05) is 48.0 Å². The third-order valence-corrected chi connectivity index (χ3v) is 5.91. The lowest BCUT2D eigenvalue weighted by atomic mass is 10.1. The van der Waals surface area contributed by atoms with Crippen molar-refractivity contribution in [3.05, 3.63) is 65.5 Å². The molecule has 0 atom stereocenters. The molecular weight excluding hydrogens is 408 g/mol. The van der Waals surface area contributed by atoms with E-state index in [1.165, 1.54) is 17.3 Å². The Labute approximate surface area is 185 Å². The molecule has 2 heterocycles. The van der Waals surface area contributed by atoms with Crippen molar-refractivity contribution in [3.8, 4) is 11.4 Å². The van der Waals surface area contributed by atoms with Crippen molar-refractivity contribution < 1.29 is 0 Å². The van der Waals surface area contributed by atoms with Crippen LogP contribution in [0, 0.1) is 6.92 Å². The van der Waals surface area contributed by atoms with Crippen LogP contribution in [0.1, 0.15) is 23.9 Å². The zero-order chi connectivity index (χ0) is 21.8. The van der Waals surface area contributed by atoms with Gasteiger partial charge in [0.25, 0.3) is 0 Å². The maximum atomic E-state index is 5.93. The van der Waals surface area contributed by atoms with Crippen LogP contribution in [0.4, 0.5) is 17.6 Å². The van der Waals surface area contributed by atoms with Crippen molar-refractivity contribution in [1.29, 1.82) is 0 Å². The summed E-state index contributed by atoms with van der Waals surface area (Å²) in [4.78, 5) is 13.0. The van der Waals surface area contributed by atoms with Crippen LogP contribution in [0.5, 0.6) is 0 Å². The predicted molar refractivity (Wildman–Crippen MR) is 124 cm³/mol. The minimum atomic E-state index is 0.181. The van der Waals surface area contributed by atoms with Crippen LogP contribution in [-0.4, -0.2) is 29.7 Å². The molecule has 2 aromatic heterocycles. The Morgan fingerprint density at radius 3 is 2.58 bits per heavy atom. The lowest BCUT2D eigenvalue weighted by Crippen LogP contribution is -2.07. The van der Waals surface area contributed by atoms with Crippen molar-refractivity contribution in [1.82, 2.24) is 29.7 Å². The average Bonchev–Trinajstić information content (AvgIpc) is 3.13. The van der Waals surface area contributed by atoms with Gasteiger partial charge in [0.2, 0.25) is 11.9 Å². The van der Waals surface area contributed by atoms with E-state index >= 15 is 0 Å². The fraction of sp³-hybridized carbons (Fsp3) is 0.227. The molecule has 0 saturated heterocycles. The zero-order valence-corrected chi connectivity index (χ0v) is 18.5. The first kappa shape index (κ1) is 20.8. The maximum Gasteiger partial charge on any atom is 0.232 e. The number of nitrogen functional groups attached to an aromatic ring is 1. The van der Waals surface area contributed by atoms with Crippen LogP contribution in [0.25, 0.3) is 11.4 Å². The summed E-state index contributed by atoms with van der Waals surface area (Å²) in [6.07, 6.45) is 0.905. The van der Waals surface area contributed by atoms with Gasteiger partial charge in [0.15, 0.2) is 11.0 Å². The molecule has 9 heteroatoms. The van der Waals surface area contributed by atoms with Crippen molar-refractivity contribution in [2.45, 2.75) is 31.2 Å². The monoisotopic (exact) mass is 432 g/mol. The van der Waals surface area contributed by atoms with Crippen LogP contribution in [0.15, 0.2) is 53.7 Å². The molecule has 4 aromatic rings. The number of hydrogen-bond acceptors (Lipinski definition) is 8. The quantitative estimate of drug-likeness (QED) is 0.419. The van der Waals surface area contributed by atoms with Crippen LogP contribution >= 0.6 is 11.8 Å². The second-order valence-corrected chi connectivity index (χ2v) is 7.98. The summed E-state index contributed by atoms with van der Waals surface area (Å²) in [5.41, 5.74) is 10.3. The summed E-state index contributed by atoms with van der Waals surface area (Å²) in [6.45, 7) is 4.17. The second-order valence-electron chi connectivity index (χ2n) is 7.04. The van der Waals surface area contributed by atoms with Gasteiger partial charge in [-0.15, -0.1) is 10.2 Å². The third-order valence-electron chi connectivity index (χ3n) is 4.89. The molecule has 0 unspecified atom stereocenters. The van der Waals surface area contributed by atoms with Crippen molar-refractivity contribution in [3.63, 3.8) is 0 Å². The number of nitrogens with zero attached hydrogens (tertiary/aromatic N) is 6. The van der Waals surface area contributed by atoms with Gasteiger partial charge in [-0.2, -0.15) is 15.0 Å². The number of nitrogens with one attached hydrogen (secondary N) is 1. The summed E-state index contributed by atoms with van der Waals surface area (Å²) in [5, 5.41) is 12.8. The summed E-state index contributed by atoms with van der Waals surface area (Å²) in [5.74, 6) is 2.52. The normalized spacial score (nSPS) is 10.9. The molecule has 4 rings (SSSR count). The Kier molecular flexibility index (Phi) is 6.13. The average molecular weight is 433 g/mol. The first-order chi connectivity index (χ1) is 15.0. The number of aromatic nitrogens is 6. The molecule has 0 aliphatic carbocycles. The van der Waals surface area contributed by atoms with Crippen LogP contribution < -0.4 is 11.1 Å². The van der Waals surface area contributed by atoms with Gasteiger partial charge in [-0.05, 0) is 30.5 Å². The molecule has 158 valence electrons. The predicted octanol–water partition coefficient (Wildman–Crippen LogP) is 4.16. The molecule has 8 nitrogen and oxygen atoms in total. The second kappa shape index (κ2) is 9.13. The van der Waals surface area contributed by atoms with E-state index in [0.717, 1.165) is 34.2 Å². The highest BCUT2D eigenvalue weighted by Crippen LogP contribution is 2.27. The zero-order valence-electron chi connectivity index (χ0n) is 17.7. The minimum absolute atomic E-state index is 0.181. The number of benzene rings is 2. The number of anilines is 3. The number of hydrogen-bond donors (Lipinski definition) is 2. The summed E-state index contributed by atoms with van der Waals surface area (Å²) in [7, 11) is 1.96. The number of nitrogens with two attached hydrogens (primary N) is 1. The molecule has 0 spiro atoms. The van der Waals surface area contributed by atoms with E-state index in [-0.39, 0.29) is 5.95 Å². The van der Waals surface area contributed by atoms with E-state index < -0.39 is 0 Å². The van der Waals surface area contributed by atoms with Crippen molar-refractivity contribution >= 4 is 29.3 Å². The van der Waals surface area contributed by atoms with Gasteiger partial charge in [0, 0.05) is 18.3 Å². The minimum Gasteiger partial charge on any atom is -0.368 e. The molecule has 2 aromatic carbocycles. The fourth-order valence-corrected chi connectivity index (χ4v) is 4.02. The van der Waals surface area contributed by atoms with Gasteiger partial charge >= 0.3 is 0 Å². The Balaban J connectivity index is 1.51. The van der Waals surface area contributed by atoms with E-state index in [4.69, 9.17) is 5.73 Å². The summed E-state index contributed by atoms with van der Waals surface area (Å²) < 4.78 is 1.98.